The van der Waals surface area contributed by atoms with Crippen LogP contribution in [-0.4, -0.2) is 17.4 Å². The van der Waals surface area contributed by atoms with Crippen LogP contribution in [0.1, 0.15) is 33.2 Å². The van der Waals surface area contributed by atoms with Gasteiger partial charge in [-0.05, 0) is 12.5 Å². The van der Waals surface area contributed by atoms with E-state index >= 15 is 0 Å². The predicted octanol–water partition coefficient (Wildman–Crippen LogP) is 4.89. The molecule has 0 aromatic heterocycles. The third-order valence-electron chi connectivity index (χ3n) is 2.73. The van der Waals surface area contributed by atoms with Crippen molar-refractivity contribution in [2.75, 3.05) is 5.88 Å². The molecule has 0 heterocycles. The summed E-state index contributed by atoms with van der Waals surface area (Å²) in [6, 6.07) is 16.6. The van der Waals surface area contributed by atoms with Gasteiger partial charge in [0.1, 0.15) is 0 Å². The zero-order valence-corrected chi connectivity index (χ0v) is 14.0. The van der Waals surface area contributed by atoms with Gasteiger partial charge in [0.05, 0.1) is 5.88 Å². The number of carbonyl (C=O) groups excluding carboxylic acids is 2. The van der Waals surface area contributed by atoms with Crippen molar-refractivity contribution in [1.29, 1.82) is 0 Å². The summed E-state index contributed by atoms with van der Waals surface area (Å²) in [5, 5.41) is 0.838. The van der Waals surface area contributed by atoms with Gasteiger partial charge in [-0.2, -0.15) is 0 Å². The fraction of sp³-hybridized carbons (Fsp3) is 0.176. The van der Waals surface area contributed by atoms with Crippen molar-refractivity contribution in [1.82, 2.24) is 0 Å². The Morgan fingerprint density at radius 3 is 1.95 bits per heavy atom. The Labute approximate surface area is 138 Å². The predicted molar refractivity (Wildman–Crippen MR) is 90.6 cm³/mol. The second-order valence-electron chi connectivity index (χ2n) is 4.31. The minimum atomic E-state index is -0.0257. The Morgan fingerprint density at radius 1 is 0.952 bits per heavy atom. The van der Waals surface area contributed by atoms with Gasteiger partial charge in [-0.3, -0.25) is 9.59 Å². The number of Topliss-reactive ketones (excluding diaryl/α,β-unsaturated/α-hetero) is 2. The highest BCUT2D eigenvalue weighted by atomic mass is 79.9. The first-order valence-electron chi connectivity index (χ1n) is 6.38. The Kier molecular flexibility index (Phi) is 7.95. The maximum absolute atomic E-state index is 10.9. The zero-order valence-electron chi connectivity index (χ0n) is 11.7. The lowest BCUT2D eigenvalue weighted by Crippen LogP contribution is -1.98. The first kappa shape index (κ1) is 17.6. The van der Waals surface area contributed by atoms with Crippen LogP contribution in [-0.2, 0) is 5.33 Å². The molecule has 2 aromatic rings. The molecule has 0 saturated heterocycles. The molecule has 0 aliphatic carbocycles. The molecule has 2 aromatic carbocycles. The molecule has 2 nitrogen and oxygen atoms in total. The summed E-state index contributed by atoms with van der Waals surface area (Å²) in [7, 11) is 0. The van der Waals surface area contributed by atoms with Crippen molar-refractivity contribution < 1.29 is 9.59 Å². The smallest absolute Gasteiger partial charge is 0.177 e. The van der Waals surface area contributed by atoms with Crippen LogP contribution in [0.25, 0.3) is 0 Å². The van der Waals surface area contributed by atoms with Gasteiger partial charge in [-0.15, -0.1) is 11.6 Å². The van der Waals surface area contributed by atoms with E-state index in [1.54, 1.807) is 19.1 Å². The average molecular weight is 368 g/mol. The van der Waals surface area contributed by atoms with Crippen molar-refractivity contribution in [2.45, 2.75) is 12.3 Å². The lowest BCUT2D eigenvalue weighted by molar-refractivity contribution is 0.101. The number of benzene rings is 2. The first-order valence-corrected chi connectivity index (χ1v) is 8.04. The van der Waals surface area contributed by atoms with Crippen molar-refractivity contribution in [3.63, 3.8) is 0 Å². The summed E-state index contributed by atoms with van der Waals surface area (Å²) in [5.41, 5.74) is 2.64. The number of halogens is 2. The molecule has 0 N–H and O–H groups in total. The molecular weight excluding hydrogens is 352 g/mol. The standard InChI is InChI=1S/C9H9BrO.C8H7ClO/c1-7(11)9-4-2-8(6-10)3-5-9;9-6-8(10)7-4-2-1-3-5-7/h2-5H,6H2,1H3;1-5H,6H2. The molecule has 0 aliphatic heterocycles. The molecule has 21 heavy (non-hydrogen) atoms. The summed E-state index contributed by atoms with van der Waals surface area (Å²) in [5.74, 6) is 0.151. The molecule has 0 atom stereocenters. The van der Waals surface area contributed by atoms with Gasteiger partial charge in [0, 0.05) is 16.5 Å². The van der Waals surface area contributed by atoms with E-state index in [1.807, 2.05) is 42.5 Å². The zero-order chi connectivity index (χ0) is 15.7. The number of rotatable bonds is 4. The van der Waals surface area contributed by atoms with Gasteiger partial charge >= 0.3 is 0 Å². The minimum Gasteiger partial charge on any atom is -0.295 e. The average Bonchev–Trinajstić information content (AvgIpc) is 2.55. The highest BCUT2D eigenvalue weighted by Gasteiger charge is 2.00. The van der Waals surface area contributed by atoms with Crippen LogP contribution < -0.4 is 0 Å². The van der Waals surface area contributed by atoms with Crippen molar-refractivity contribution in [2.24, 2.45) is 0 Å². The van der Waals surface area contributed by atoms with Crippen LogP contribution in [0.15, 0.2) is 54.6 Å². The summed E-state index contributed by atoms with van der Waals surface area (Å²) in [6.45, 7) is 1.57. The Balaban J connectivity index is 0.000000211. The number of ketones is 2. The van der Waals surface area contributed by atoms with Crippen LogP contribution in [0.5, 0.6) is 0 Å². The monoisotopic (exact) mass is 366 g/mol. The summed E-state index contributed by atoms with van der Waals surface area (Å²) in [6.07, 6.45) is 0. The molecule has 0 saturated carbocycles. The SMILES string of the molecule is CC(=O)c1ccc(CBr)cc1.O=C(CCl)c1ccccc1. The lowest BCUT2D eigenvalue weighted by atomic mass is 10.1. The fourth-order valence-electron chi connectivity index (χ4n) is 1.53. The first-order chi connectivity index (χ1) is 10.1. The molecule has 0 fully saturated rings. The van der Waals surface area contributed by atoms with Crippen molar-refractivity contribution in [3.05, 3.63) is 71.3 Å². The number of alkyl halides is 2. The van der Waals surface area contributed by atoms with E-state index in [9.17, 15) is 9.59 Å². The summed E-state index contributed by atoms with van der Waals surface area (Å²) >= 11 is 8.67. The van der Waals surface area contributed by atoms with Crippen LogP contribution in [0.3, 0.4) is 0 Å². The maximum atomic E-state index is 10.9. The van der Waals surface area contributed by atoms with E-state index < -0.39 is 0 Å². The van der Waals surface area contributed by atoms with Crippen molar-refractivity contribution >= 4 is 39.1 Å². The van der Waals surface area contributed by atoms with Gasteiger partial charge < -0.3 is 0 Å². The topological polar surface area (TPSA) is 34.1 Å². The second kappa shape index (κ2) is 9.48. The number of hydrogen-bond acceptors (Lipinski definition) is 2. The van der Waals surface area contributed by atoms with Gasteiger partial charge in [0.15, 0.2) is 11.6 Å². The Hall–Kier alpha value is -1.45. The molecule has 0 radical (unpaired) electrons. The highest BCUT2D eigenvalue weighted by Crippen LogP contribution is 2.07. The van der Waals surface area contributed by atoms with Crippen LogP contribution in [0.4, 0.5) is 0 Å². The molecule has 0 unspecified atom stereocenters. The third-order valence-corrected chi connectivity index (χ3v) is 3.62. The molecule has 0 amide bonds. The minimum absolute atomic E-state index is 0.0257. The normalized spacial score (nSPS) is 9.48. The largest absolute Gasteiger partial charge is 0.295 e. The highest BCUT2D eigenvalue weighted by molar-refractivity contribution is 9.08. The second-order valence-corrected chi connectivity index (χ2v) is 5.14. The molecule has 110 valence electrons. The van der Waals surface area contributed by atoms with Crippen LogP contribution >= 0.6 is 27.5 Å². The fourth-order valence-corrected chi connectivity index (χ4v) is 2.06. The lowest BCUT2D eigenvalue weighted by Gasteiger charge is -1.96. The summed E-state index contributed by atoms with van der Waals surface area (Å²) in [4.78, 5) is 21.7. The van der Waals surface area contributed by atoms with E-state index in [2.05, 4.69) is 15.9 Å². The van der Waals surface area contributed by atoms with E-state index in [-0.39, 0.29) is 17.4 Å². The van der Waals surface area contributed by atoms with Gasteiger partial charge in [0.2, 0.25) is 0 Å². The molecule has 0 bridgehead atoms. The van der Waals surface area contributed by atoms with Gasteiger partial charge in [0.25, 0.3) is 0 Å². The summed E-state index contributed by atoms with van der Waals surface area (Å²) < 4.78 is 0. The van der Waals surface area contributed by atoms with E-state index in [1.165, 1.54) is 5.56 Å². The number of hydrogen-bond donors (Lipinski definition) is 0. The quantitative estimate of drug-likeness (QED) is 0.569. The van der Waals surface area contributed by atoms with E-state index in [4.69, 9.17) is 11.6 Å². The maximum Gasteiger partial charge on any atom is 0.177 e. The van der Waals surface area contributed by atoms with Crippen LogP contribution in [0.2, 0.25) is 0 Å². The Bertz CT molecular complexity index is 579. The number of carbonyl (C=O) groups is 2. The van der Waals surface area contributed by atoms with Crippen molar-refractivity contribution in [3.8, 4) is 0 Å². The molecule has 2 rings (SSSR count). The molecule has 0 spiro atoms. The Morgan fingerprint density at radius 2 is 1.52 bits per heavy atom. The van der Waals surface area contributed by atoms with E-state index in [0.717, 1.165) is 10.9 Å². The van der Waals surface area contributed by atoms with Crippen LogP contribution in [0, 0.1) is 0 Å². The molecular formula is C17H16BrClO2. The molecule has 0 aliphatic rings. The molecule has 4 heteroatoms. The third kappa shape index (κ3) is 6.23. The van der Waals surface area contributed by atoms with Gasteiger partial charge in [-0.25, -0.2) is 0 Å². The van der Waals surface area contributed by atoms with Gasteiger partial charge in [-0.1, -0.05) is 70.5 Å². The van der Waals surface area contributed by atoms with E-state index in [0.29, 0.717) is 5.56 Å².